The average Bonchev–Trinajstić information content (AvgIpc) is 2.35. The lowest BCUT2D eigenvalue weighted by molar-refractivity contribution is 0.242. The van der Waals surface area contributed by atoms with Crippen molar-refractivity contribution in [2.75, 3.05) is 25.0 Å². The van der Waals surface area contributed by atoms with E-state index in [9.17, 15) is 4.39 Å². The number of piperidine rings is 1. The quantitative estimate of drug-likeness (QED) is 0.792. The Morgan fingerprint density at radius 1 is 1.41 bits per heavy atom. The SMILES string of the molecule is N#CCN1CCC(Nc2ncc(F)cn2)CC1. The number of hydrogen-bond acceptors (Lipinski definition) is 5. The molecular weight excluding hydrogens is 221 g/mol. The summed E-state index contributed by atoms with van der Waals surface area (Å²) in [4.78, 5) is 9.84. The van der Waals surface area contributed by atoms with E-state index in [-0.39, 0.29) is 0 Å². The summed E-state index contributed by atoms with van der Waals surface area (Å²) in [7, 11) is 0. The number of hydrogen-bond donors (Lipinski definition) is 1. The molecule has 1 fully saturated rings. The molecule has 1 aliphatic heterocycles. The zero-order valence-electron chi connectivity index (χ0n) is 9.43. The maximum absolute atomic E-state index is 12.6. The van der Waals surface area contributed by atoms with Crippen molar-refractivity contribution in [3.63, 3.8) is 0 Å². The van der Waals surface area contributed by atoms with Gasteiger partial charge in [0, 0.05) is 19.1 Å². The molecule has 0 radical (unpaired) electrons. The van der Waals surface area contributed by atoms with Gasteiger partial charge in [-0.1, -0.05) is 0 Å². The summed E-state index contributed by atoms with van der Waals surface area (Å²) in [6.07, 6.45) is 4.20. The van der Waals surface area contributed by atoms with Crippen molar-refractivity contribution in [3.05, 3.63) is 18.2 Å². The molecule has 1 aliphatic rings. The van der Waals surface area contributed by atoms with Crippen LogP contribution in [-0.4, -0.2) is 40.5 Å². The smallest absolute Gasteiger partial charge is 0.222 e. The Bertz CT molecular complexity index is 391. The van der Waals surface area contributed by atoms with Gasteiger partial charge in [-0.3, -0.25) is 4.90 Å². The zero-order chi connectivity index (χ0) is 12.1. The number of nitrogens with one attached hydrogen (secondary N) is 1. The highest BCUT2D eigenvalue weighted by atomic mass is 19.1. The second kappa shape index (κ2) is 5.55. The largest absolute Gasteiger partial charge is 0.351 e. The Morgan fingerprint density at radius 3 is 2.65 bits per heavy atom. The molecule has 6 heteroatoms. The predicted octanol–water partition coefficient (Wildman–Crippen LogP) is 1.02. The highest BCUT2D eigenvalue weighted by Crippen LogP contribution is 2.13. The first-order valence-corrected chi connectivity index (χ1v) is 5.61. The van der Waals surface area contributed by atoms with Crippen LogP contribution in [0.1, 0.15) is 12.8 Å². The van der Waals surface area contributed by atoms with Crippen LogP contribution in [0.5, 0.6) is 0 Å². The second-order valence-electron chi connectivity index (χ2n) is 4.08. The summed E-state index contributed by atoms with van der Waals surface area (Å²) in [5.74, 6) is 0.0320. The van der Waals surface area contributed by atoms with E-state index in [1.54, 1.807) is 0 Å². The van der Waals surface area contributed by atoms with Crippen molar-refractivity contribution < 1.29 is 4.39 Å². The highest BCUT2D eigenvalue weighted by Gasteiger charge is 2.19. The fourth-order valence-corrected chi connectivity index (χ4v) is 1.90. The molecule has 2 rings (SSSR count). The normalized spacial score (nSPS) is 17.6. The number of anilines is 1. The minimum Gasteiger partial charge on any atom is -0.351 e. The molecule has 0 saturated carbocycles. The second-order valence-corrected chi connectivity index (χ2v) is 4.08. The van der Waals surface area contributed by atoms with Gasteiger partial charge in [0.1, 0.15) is 0 Å². The highest BCUT2D eigenvalue weighted by molar-refractivity contribution is 5.24. The molecule has 0 atom stereocenters. The van der Waals surface area contributed by atoms with E-state index in [1.807, 2.05) is 0 Å². The Kier molecular flexibility index (Phi) is 3.83. The number of halogens is 1. The van der Waals surface area contributed by atoms with E-state index in [2.05, 4.69) is 26.3 Å². The maximum Gasteiger partial charge on any atom is 0.222 e. The molecule has 0 bridgehead atoms. The number of nitrogens with zero attached hydrogens (tertiary/aromatic N) is 4. The van der Waals surface area contributed by atoms with Crippen molar-refractivity contribution in [1.82, 2.24) is 14.9 Å². The molecule has 0 amide bonds. The molecule has 1 aromatic heterocycles. The van der Waals surface area contributed by atoms with Crippen LogP contribution in [0.3, 0.4) is 0 Å². The van der Waals surface area contributed by atoms with Gasteiger partial charge in [0.05, 0.1) is 25.0 Å². The Hall–Kier alpha value is -1.74. The van der Waals surface area contributed by atoms with Crippen LogP contribution in [0.25, 0.3) is 0 Å². The number of aromatic nitrogens is 2. The first-order valence-electron chi connectivity index (χ1n) is 5.61. The van der Waals surface area contributed by atoms with Crippen LogP contribution in [0, 0.1) is 17.1 Å². The third kappa shape index (κ3) is 3.36. The monoisotopic (exact) mass is 235 g/mol. The van der Waals surface area contributed by atoms with E-state index in [1.165, 1.54) is 0 Å². The zero-order valence-corrected chi connectivity index (χ0v) is 9.43. The van der Waals surface area contributed by atoms with Crippen LogP contribution >= 0.6 is 0 Å². The Balaban J connectivity index is 1.82. The number of nitriles is 1. The molecule has 90 valence electrons. The molecule has 0 spiro atoms. The Labute approximate surface area is 99.3 Å². The van der Waals surface area contributed by atoms with Gasteiger partial charge < -0.3 is 5.32 Å². The van der Waals surface area contributed by atoms with Gasteiger partial charge in [0.25, 0.3) is 0 Å². The maximum atomic E-state index is 12.6. The van der Waals surface area contributed by atoms with Crippen molar-refractivity contribution in [1.29, 1.82) is 5.26 Å². The molecule has 17 heavy (non-hydrogen) atoms. The van der Waals surface area contributed by atoms with Gasteiger partial charge in [-0.15, -0.1) is 0 Å². The summed E-state index contributed by atoms with van der Waals surface area (Å²) in [6.45, 7) is 2.28. The molecule has 0 unspecified atom stereocenters. The van der Waals surface area contributed by atoms with Gasteiger partial charge in [-0.25, -0.2) is 14.4 Å². The summed E-state index contributed by atoms with van der Waals surface area (Å²) < 4.78 is 12.6. The van der Waals surface area contributed by atoms with Crippen LogP contribution in [0.4, 0.5) is 10.3 Å². The predicted molar refractivity (Wildman–Crippen MR) is 60.7 cm³/mol. The summed E-state index contributed by atoms with van der Waals surface area (Å²) in [6, 6.07) is 2.45. The lowest BCUT2D eigenvalue weighted by Crippen LogP contribution is -2.39. The topological polar surface area (TPSA) is 64.8 Å². The van der Waals surface area contributed by atoms with Crippen LogP contribution in [-0.2, 0) is 0 Å². The van der Waals surface area contributed by atoms with E-state index >= 15 is 0 Å². The first-order chi connectivity index (χ1) is 8.28. The molecule has 2 heterocycles. The van der Waals surface area contributed by atoms with Crippen LogP contribution in [0.15, 0.2) is 12.4 Å². The first kappa shape index (κ1) is 11.7. The minimum atomic E-state index is -0.431. The van der Waals surface area contributed by atoms with Gasteiger partial charge in [-0.2, -0.15) is 5.26 Å². The van der Waals surface area contributed by atoms with E-state index < -0.39 is 5.82 Å². The van der Waals surface area contributed by atoms with E-state index in [0.717, 1.165) is 38.3 Å². The van der Waals surface area contributed by atoms with Crippen LogP contribution in [0.2, 0.25) is 0 Å². The number of rotatable bonds is 3. The molecule has 5 nitrogen and oxygen atoms in total. The molecule has 1 aromatic rings. The molecule has 1 saturated heterocycles. The third-order valence-electron chi connectivity index (χ3n) is 2.84. The van der Waals surface area contributed by atoms with Gasteiger partial charge in [-0.05, 0) is 12.8 Å². The standard InChI is InChI=1S/C11H14FN5/c12-9-7-14-11(15-8-9)16-10-1-4-17(5-2-10)6-3-13/h7-8,10H,1-2,4-6H2,(H,14,15,16). The van der Waals surface area contributed by atoms with Crippen molar-refractivity contribution in [3.8, 4) is 6.07 Å². The summed E-state index contributed by atoms with van der Waals surface area (Å²) in [5, 5.41) is 11.8. The lowest BCUT2D eigenvalue weighted by atomic mass is 10.1. The van der Waals surface area contributed by atoms with E-state index in [0.29, 0.717) is 18.5 Å². The minimum absolute atomic E-state index is 0.301. The fourth-order valence-electron chi connectivity index (χ4n) is 1.90. The number of likely N-dealkylation sites (tertiary alicyclic amines) is 1. The third-order valence-corrected chi connectivity index (χ3v) is 2.84. The average molecular weight is 235 g/mol. The molecule has 1 N–H and O–H groups in total. The molecular formula is C11H14FN5. The van der Waals surface area contributed by atoms with Gasteiger partial charge in [0.2, 0.25) is 5.95 Å². The summed E-state index contributed by atoms with van der Waals surface area (Å²) in [5.41, 5.74) is 0. The van der Waals surface area contributed by atoms with E-state index in [4.69, 9.17) is 5.26 Å². The molecule has 0 aromatic carbocycles. The molecule has 0 aliphatic carbocycles. The fraction of sp³-hybridized carbons (Fsp3) is 0.545. The van der Waals surface area contributed by atoms with Gasteiger partial charge in [0.15, 0.2) is 5.82 Å². The van der Waals surface area contributed by atoms with Gasteiger partial charge >= 0.3 is 0 Å². The van der Waals surface area contributed by atoms with Crippen molar-refractivity contribution in [2.24, 2.45) is 0 Å². The Morgan fingerprint density at radius 2 is 2.06 bits per heavy atom. The van der Waals surface area contributed by atoms with Crippen LogP contribution < -0.4 is 5.32 Å². The van der Waals surface area contributed by atoms with Crippen molar-refractivity contribution >= 4 is 5.95 Å². The summed E-state index contributed by atoms with van der Waals surface area (Å²) >= 11 is 0. The lowest BCUT2D eigenvalue weighted by Gasteiger charge is -2.30. The van der Waals surface area contributed by atoms with Crippen molar-refractivity contribution in [2.45, 2.75) is 18.9 Å².